The normalized spacial score (nSPS) is 25.7. The molecule has 2 atom stereocenters. The number of nitrogen functional groups attached to an aromatic ring is 1. The molecule has 1 saturated carbocycles. The van der Waals surface area contributed by atoms with E-state index in [9.17, 15) is 4.79 Å². The van der Waals surface area contributed by atoms with Gasteiger partial charge in [0.1, 0.15) is 5.82 Å². The summed E-state index contributed by atoms with van der Waals surface area (Å²) >= 11 is 1.38. The van der Waals surface area contributed by atoms with Crippen LogP contribution in [0.3, 0.4) is 0 Å². The largest absolute Gasteiger partial charge is 0.339 e. The number of aryl methyl sites for hydroxylation is 1. The van der Waals surface area contributed by atoms with Crippen molar-refractivity contribution in [2.75, 3.05) is 18.1 Å². The third kappa shape index (κ3) is 3.02. The molecule has 1 aromatic rings. The molecule has 7 heteroatoms. The molecule has 0 bridgehead atoms. The highest BCUT2D eigenvalue weighted by Crippen LogP contribution is 2.35. The van der Waals surface area contributed by atoms with Gasteiger partial charge in [0, 0.05) is 12.6 Å². The second kappa shape index (κ2) is 6.25. The van der Waals surface area contributed by atoms with Gasteiger partial charge in [-0.3, -0.25) is 4.79 Å². The van der Waals surface area contributed by atoms with Gasteiger partial charge in [-0.1, -0.05) is 24.6 Å². The van der Waals surface area contributed by atoms with Crippen molar-refractivity contribution >= 4 is 17.7 Å². The molecule has 1 amide bonds. The van der Waals surface area contributed by atoms with Crippen molar-refractivity contribution in [3.8, 4) is 0 Å². The lowest BCUT2D eigenvalue weighted by atomic mass is 9.78. The first kappa shape index (κ1) is 14.7. The number of hydrogen-bond acceptors (Lipinski definition) is 5. The zero-order chi connectivity index (χ0) is 14.8. The monoisotopic (exact) mass is 309 g/mol. The average molecular weight is 309 g/mol. The van der Waals surface area contributed by atoms with Gasteiger partial charge in [0.25, 0.3) is 0 Å². The highest BCUT2D eigenvalue weighted by molar-refractivity contribution is 7.99. The Kier molecular flexibility index (Phi) is 4.37. The van der Waals surface area contributed by atoms with E-state index in [-0.39, 0.29) is 5.91 Å². The SMILES string of the molecule is Cc1nnc(SCC(=O)N2CCC[C@H]3CCCC[C@@H]32)n1N. The molecule has 1 saturated heterocycles. The minimum Gasteiger partial charge on any atom is -0.339 e. The van der Waals surface area contributed by atoms with Crippen LogP contribution in [0.15, 0.2) is 5.16 Å². The Morgan fingerprint density at radius 1 is 1.29 bits per heavy atom. The Hall–Kier alpha value is -1.24. The van der Waals surface area contributed by atoms with Gasteiger partial charge in [-0.05, 0) is 38.5 Å². The Labute approximate surface area is 129 Å². The van der Waals surface area contributed by atoms with Crippen molar-refractivity contribution in [1.29, 1.82) is 0 Å². The minimum atomic E-state index is 0.220. The van der Waals surface area contributed by atoms with Gasteiger partial charge in [0.05, 0.1) is 5.75 Å². The molecule has 3 rings (SSSR count). The summed E-state index contributed by atoms with van der Waals surface area (Å²) in [6, 6.07) is 0.470. The van der Waals surface area contributed by atoms with Crippen LogP contribution in [0.1, 0.15) is 44.3 Å². The predicted octanol–water partition coefficient (Wildman–Crippen LogP) is 1.57. The summed E-state index contributed by atoms with van der Waals surface area (Å²) in [7, 11) is 0. The van der Waals surface area contributed by atoms with Gasteiger partial charge < -0.3 is 10.7 Å². The average Bonchev–Trinajstić information content (AvgIpc) is 2.84. The van der Waals surface area contributed by atoms with E-state index in [0.29, 0.717) is 22.8 Å². The smallest absolute Gasteiger partial charge is 0.233 e. The fourth-order valence-corrected chi connectivity index (χ4v) is 4.38. The van der Waals surface area contributed by atoms with E-state index in [1.165, 1.54) is 48.5 Å². The molecule has 0 spiro atoms. The number of amides is 1. The Morgan fingerprint density at radius 3 is 2.81 bits per heavy atom. The number of likely N-dealkylation sites (tertiary alicyclic amines) is 1. The first-order valence-corrected chi connectivity index (χ1v) is 8.74. The molecule has 2 aliphatic rings. The minimum absolute atomic E-state index is 0.220. The Morgan fingerprint density at radius 2 is 2.05 bits per heavy atom. The predicted molar refractivity (Wildman–Crippen MR) is 82.3 cm³/mol. The van der Waals surface area contributed by atoms with Crippen LogP contribution in [0.5, 0.6) is 0 Å². The lowest BCUT2D eigenvalue weighted by molar-refractivity contribution is -0.134. The number of rotatable bonds is 3. The molecule has 1 aromatic heterocycles. The topological polar surface area (TPSA) is 77.0 Å². The molecule has 2 fully saturated rings. The summed E-state index contributed by atoms with van der Waals surface area (Å²) in [4.78, 5) is 14.7. The van der Waals surface area contributed by atoms with Crippen molar-refractivity contribution in [3.05, 3.63) is 5.82 Å². The van der Waals surface area contributed by atoms with Crippen LogP contribution in [0.25, 0.3) is 0 Å². The molecule has 0 unspecified atom stereocenters. The summed E-state index contributed by atoms with van der Waals surface area (Å²) in [5, 5.41) is 8.52. The molecular formula is C14H23N5OS. The van der Waals surface area contributed by atoms with Crippen LogP contribution in [-0.2, 0) is 4.79 Å². The van der Waals surface area contributed by atoms with E-state index >= 15 is 0 Å². The van der Waals surface area contributed by atoms with Gasteiger partial charge in [-0.15, -0.1) is 10.2 Å². The number of hydrogen-bond donors (Lipinski definition) is 1. The molecule has 0 radical (unpaired) electrons. The number of nitrogens with zero attached hydrogens (tertiary/aromatic N) is 4. The number of carbonyl (C=O) groups is 1. The van der Waals surface area contributed by atoms with Crippen molar-refractivity contribution < 1.29 is 4.79 Å². The summed E-state index contributed by atoms with van der Waals surface area (Å²) in [6.45, 7) is 2.71. The molecule has 2 N–H and O–H groups in total. The maximum absolute atomic E-state index is 12.6. The summed E-state index contributed by atoms with van der Waals surface area (Å²) in [5.41, 5.74) is 0. The number of aromatic nitrogens is 3. The highest BCUT2D eigenvalue weighted by Gasteiger charge is 2.35. The van der Waals surface area contributed by atoms with Crippen LogP contribution < -0.4 is 5.84 Å². The number of fused-ring (bicyclic) bond motifs is 1. The van der Waals surface area contributed by atoms with Crippen molar-refractivity contribution in [2.45, 2.75) is 56.6 Å². The van der Waals surface area contributed by atoms with Crippen LogP contribution in [0, 0.1) is 12.8 Å². The van der Waals surface area contributed by atoms with Crippen molar-refractivity contribution in [1.82, 2.24) is 19.8 Å². The lowest BCUT2D eigenvalue weighted by Gasteiger charge is -2.44. The van der Waals surface area contributed by atoms with Gasteiger partial charge in [0.15, 0.2) is 0 Å². The molecular weight excluding hydrogens is 286 g/mol. The van der Waals surface area contributed by atoms with Crippen molar-refractivity contribution in [2.24, 2.45) is 5.92 Å². The van der Waals surface area contributed by atoms with Crippen LogP contribution >= 0.6 is 11.8 Å². The molecule has 0 aromatic carbocycles. The fraction of sp³-hybridized carbons (Fsp3) is 0.786. The number of piperidine rings is 1. The second-order valence-electron chi connectivity index (χ2n) is 6.03. The summed E-state index contributed by atoms with van der Waals surface area (Å²) < 4.78 is 1.44. The maximum atomic E-state index is 12.6. The molecule has 1 aliphatic carbocycles. The Bertz CT molecular complexity index is 515. The summed E-state index contributed by atoms with van der Waals surface area (Å²) in [6.07, 6.45) is 7.48. The second-order valence-corrected chi connectivity index (χ2v) is 6.97. The zero-order valence-electron chi connectivity index (χ0n) is 12.5. The van der Waals surface area contributed by atoms with Crippen LogP contribution in [0.2, 0.25) is 0 Å². The van der Waals surface area contributed by atoms with Crippen LogP contribution in [-0.4, -0.2) is 44.0 Å². The van der Waals surface area contributed by atoms with Gasteiger partial charge in [0.2, 0.25) is 11.1 Å². The molecule has 116 valence electrons. The Balaban J connectivity index is 1.60. The van der Waals surface area contributed by atoms with E-state index in [0.717, 1.165) is 18.9 Å². The van der Waals surface area contributed by atoms with Crippen LogP contribution in [0.4, 0.5) is 0 Å². The van der Waals surface area contributed by atoms with Gasteiger partial charge in [-0.2, -0.15) is 0 Å². The van der Waals surface area contributed by atoms with E-state index in [1.807, 2.05) is 0 Å². The molecule has 6 nitrogen and oxygen atoms in total. The lowest BCUT2D eigenvalue weighted by Crippen LogP contribution is -2.50. The van der Waals surface area contributed by atoms with Gasteiger partial charge >= 0.3 is 0 Å². The highest BCUT2D eigenvalue weighted by atomic mass is 32.2. The quantitative estimate of drug-likeness (QED) is 0.677. The fourth-order valence-electron chi connectivity index (χ4n) is 3.59. The van der Waals surface area contributed by atoms with E-state index < -0.39 is 0 Å². The number of thioether (sulfide) groups is 1. The van der Waals surface area contributed by atoms with E-state index in [2.05, 4.69) is 15.1 Å². The van der Waals surface area contributed by atoms with E-state index in [1.54, 1.807) is 6.92 Å². The van der Waals surface area contributed by atoms with Gasteiger partial charge in [-0.25, -0.2) is 4.68 Å². The first-order valence-electron chi connectivity index (χ1n) is 7.76. The molecule has 1 aliphatic heterocycles. The zero-order valence-corrected chi connectivity index (χ0v) is 13.3. The summed E-state index contributed by atoms with van der Waals surface area (Å²) in [5.74, 6) is 7.83. The molecule has 21 heavy (non-hydrogen) atoms. The third-order valence-electron chi connectivity index (χ3n) is 4.72. The van der Waals surface area contributed by atoms with Crippen molar-refractivity contribution in [3.63, 3.8) is 0 Å². The third-order valence-corrected chi connectivity index (χ3v) is 5.65. The van der Waals surface area contributed by atoms with E-state index in [4.69, 9.17) is 5.84 Å². The maximum Gasteiger partial charge on any atom is 0.233 e. The number of carbonyl (C=O) groups excluding carboxylic acids is 1. The standard InChI is InChI=1S/C14H23N5OS/c1-10-16-17-14(19(10)15)21-9-13(20)18-8-4-6-11-5-2-3-7-12(11)18/h11-12H,2-9,15H2,1H3/t11-,12+/m1/s1. The first-order chi connectivity index (χ1) is 10.2. The molecule has 2 heterocycles. The number of nitrogens with two attached hydrogens (primary N) is 1.